The first-order chi connectivity index (χ1) is 13.2. The molecule has 4 rings (SSSR count). The van der Waals surface area contributed by atoms with Crippen LogP contribution in [-0.4, -0.2) is 54.3 Å². The van der Waals surface area contributed by atoms with Gasteiger partial charge in [-0.2, -0.15) is 5.10 Å². The number of halogens is 1. The lowest BCUT2D eigenvalue weighted by Crippen LogP contribution is -2.38. The molecule has 1 saturated heterocycles. The van der Waals surface area contributed by atoms with E-state index in [0.29, 0.717) is 26.1 Å². The van der Waals surface area contributed by atoms with E-state index >= 15 is 0 Å². The molecule has 8 nitrogen and oxygen atoms in total. The molecular formula is C18H20FN7O. The van der Waals surface area contributed by atoms with Crippen molar-refractivity contribution in [1.82, 2.24) is 35.3 Å². The number of carbonyl (C=O) groups is 1. The van der Waals surface area contributed by atoms with Gasteiger partial charge in [0, 0.05) is 36.7 Å². The molecule has 27 heavy (non-hydrogen) atoms. The van der Waals surface area contributed by atoms with E-state index in [1.165, 1.54) is 18.5 Å². The van der Waals surface area contributed by atoms with Crippen molar-refractivity contribution in [3.63, 3.8) is 0 Å². The highest BCUT2D eigenvalue weighted by atomic mass is 19.1. The van der Waals surface area contributed by atoms with Gasteiger partial charge in [-0.05, 0) is 41.0 Å². The maximum Gasteiger partial charge on any atom is 0.224 e. The number of piperidine rings is 1. The second kappa shape index (κ2) is 7.65. The first-order valence-electron chi connectivity index (χ1n) is 8.98. The van der Waals surface area contributed by atoms with Crippen LogP contribution >= 0.6 is 0 Å². The molecule has 0 unspecified atom stereocenters. The summed E-state index contributed by atoms with van der Waals surface area (Å²) in [7, 11) is 0. The largest absolute Gasteiger partial charge is 0.343 e. The molecule has 0 saturated carbocycles. The molecule has 0 atom stereocenters. The second-order valence-corrected chi connectivity index (χ2v) is 6.69. The molecule has 9 heteroatoms. The fourth-order valence-electron chi connectivity index (χ4n) is 3.56. The summed E-state index contributed by atoms with van der Waals surface area (Å²) in [5, 5.41) is 18.1. The minimum Gasteiger partial charge on any atom is -0.343 e. The monoisotopic (exact) mass is 369 g/mol. The number of aromatic nitrogens is 6. The Balaban J connectivity index is 1.37. The van der Waals surface area contributed by atoms with E-state index in [0.717, 1.165) is 29.7 Å². The van der Waals surface area contributed by atoms with Crippen LogP contribution in [-0.2, 0) is 11.3 Å². The summed E-state index contributed by atoms with van der Waals surface area (Å²) in [4.78, 5) is 14.3. The lowest BCUT2D eigenvalue weighted by Gasteiger charge is -2.32. The second-order valence-electron chi connectivity index (χ2n) is 6.69. The van der Waals surface area contributed by atoms with Crippen molar-refractivity contribution in [2.45, 2.75) is 31.7 Å². The average molecular weight is 369 g/mol. The number of aromatic amines is 1. The number of nitrogens with one attached hydrogen (secondary N) is 1. The molecular weight excluding hydrogens is 349 g/mol. The number of tetrazole rings is 1. The lowest BCUT2D eigenvalue weighted by molar-refractivity contribution is -0.132. The van der Waals surface area contributed by atoms with Gasteiger partial charge in [0.2, 0.25) is 5.91 Å². The highest BCUT2D eigenvalue weighted by molar-refractivity contribution is 5.76. The number of benzene rings is 1. The Labute approximate surface area is 155 Å². The van der Waals surface area contributed by atoms with Crippen LogP contribution < -0.4 is 0 Å². The number of hydrogen-bond donors (Lipinski definition) is 1. The summed E-state index contributed by atoms with van der Waals surface area (Å²) in [6, 6.07) is 6.54. The van der Waals surface area contributed by atoms with Crippen molar-refractivity contribution in [2.24, 2.45) is 0 Å². The van der Waals surface area contributed by atoms with Crippen molar-refractivity contribution in [3.8, 4) is 11.1 Å². The zero-order chi connectivity index (χ0) is 18.6. The smallest absolute Gasteiger partial charge is 0.224 e. The number of hydrogen-bond acceptors (Lipinski definition) is 5. The molecule has 2 aromatic heterocycles. The van der Waals surface area contributed by atoms with Crippen LogP contribution in [0.4, 0.5) is 4.39 Å². The van der Waals surface area contributed by atoms with Gasteiger partial charge in [-0.25, -0.2) is 9.07 Å². The van der Waals surface area contributed by atoms with Crippen molar-refractivity contribution in [2.75, 3.05) is 13.1 Å². The van der Waals surface area contributed by atoms with E-state index < -0.39 is 0 Å². The molecule has 3 aromatic rings. The normalized spacial score (nSPS) is 15.2. The van der Waals surface area contributed by atoms with Gasteiger partial charge in [0.25, 0.3) is 0 Å². The molecule has 0 bridgehead atoms. The SMILES string of the molecule is O=C(CCn1cnnn1)N1CCC(c2[nH]ncc2-c2cccc(F)c2)CC1. The fraction of sp³-hybridized carbons (Fsp3) is 0.389. The first-order valence-corrected chi connectivity index (χ1v) is 8.98. The molecule has 0 aliphatic carbocycles. The summed E-state index contributed by atoms with van der Waals surface area (Å²) in [5.74, 6) is 0.121. The number of likely N-dealkylation sites (tertiary alicyclic amines) is 1. The third-order valence-corrected chi connectivity index (χ3v) is 5.01. The molecule has 0 radical (unpaired) electrons. The number of carbonyl (C=O) groups excluding carboxylic acids is 1. The molecule has 1 aliphatic heterocycles. The average Bonchev–Trinajstić information content (AvgIpc) is 3.38. The van der Waals surface area contributed by atoms with Gasteiger partial charge in [0.05, 0.1) is 12.7 Å². The maximum atomic E-state index is 13.6. The fourth-order valence-corrected chi connectivity index (χ4v) is 3.56. The Kier molecular flexibility index (Phi) is 4.91. The van der Waals surface area contributed by atoms with Crippen molar-refractivity contribution < 1.29 is 9.18 Å². The van der Waals surface area contributed by atoms with Gasteiger partial charge in [-0.15, -0.1) is 5.10 Å². The number of aryl methyl sites for hydroxylation is 1. The Morgan fingerprint density at radius 3 is 2.89 bits per heavy atom. The molecule has 140 valence electrons. The topological polar surface area (TPSA) is 92.6 Å². The van der Waals surface area contributed by atoms with Crippen LogP contribution in [0.1, 0.15) is 30.9 Å². The highest BCUT2D eigenvalue weighted by Crippen LogP contribution is 2.34. The Morgan fingerprint density at radius 1 is 1.30 bits per heavy atom. The molecule has 1 fully saturated rings. The summed E-state index contributed by atoms with van der Waals surface area (Å²) in [6.45, 7) is 1.87. The minimum absolute atomic E-state index is 0.110. The molecule has 0 spiro atoms. The summed E-state index contributed by atoms with van der Waals surface area (Å²) in [5.41, 5.74) is 2.76. The van der Waals surface area contributed by atoms with Crippen LogP contribution in [0.5, 0.6) is 0 Å². The van der Waals surface area contributed by atoms with E-state index in [2.05, 4.69) is 25.7 Å². The Morgan fingerprint density at radius 2 is 2.15 bits per heavy atom. The van der Waals surface area contributed by atoms with Gasteiger partial charge in [-0.3, -0.25) is 9.89 Å². The van der Waals surface area contributed by atoms with E-state index in [1.807, 2.05) is 11.0 Å². The highest BCUT2D eigenvalue weighted by Gasteiger charge is 2.26. The van der Waals surface area contributed by atoms with Gasteiger partial charge in [0.15, 0.2) is 0 Å². The number of H-pyrrole nitrogens is 1. The van der Waals surface area contributed by atoms with Gasteiger partial charge < -0.3 is 4.90 Å². The Bertz CT molecular complexity index is 900. The van der Waals surface area contributed by atoms with Crippen molar-refractivity contribution in [1.29, 1.82) is 0 Å². The number of amides is 1. The maximum absolute atomic E-state index is 13.6. The van der Waals surface area contributed by atoms with Crippen LogP contribution in [0.3, 0.4) is 0 Å². The minimum atomic E-state index is -0.261. The van der Waals surface area contributed by atoms with Crippen LogP contribution in [0.15, 0.2) is 36.8 Å². The van der Waals surface area contributed by atoms with E-state index in [-0.39, 0.29) is 17.6 Å². The summed E-state index contributed by atoms with van der Waals surface area (Å²) < 4.78 is 15.1. The lowest BCUT2D eigenvalue weighted by atomic mass is 9.89. The van der Waals surface area contributed by atoms with E-state index in [4.69, 9.17) is 0 Å². The van der Waals surface area contributed by atoms with Crippen molar-refractivity contribution in [3.05, 3.63) is 48.3 Å². The zero-order valence-corrected chi connectivity index (χ0v) is 14.8. The standard InChI is InChI=1S/C18H20FN7O/c19-15-3-1-2-14(10-15)16-11-20-22-18(16)13-4-7-25(8-5-13)17(27)6-9-26-12-21-23-24-26/h1-3,10-13H,4-9H2,(H,20,22). The predicted molar refractivity (Wildman–Crippen MR) is 95.0 cm³/mol. The molecule has 1 N–H and O–H groups in total. The van der Waals surface area contributed by atoms with Crippen LogP contribution in [0, 0.1) is 5.82 Å². The number of nitrogens with zero attached hydrogens (tertiary/aromatic N) is 6. The van der Waals surface area contributed by atoms with Crippen LogP contribution in [0.2, 0.25) is 0 Å². The summed E-state index contributed by atoms with van der Waals surface area (Å²) >= 11 is 0. The van der Waals surface area contributed by atoms with Crippen LogP contribution in [0.25, 0.3) is 11.1 Å². The first kappa shape index (κ1) is 17.3. The van der Waals surface area contributed by atoms with Crippen molar-refractivity contribution >= 4 is 5.91 Å². The predicted octanol–water partition coefficient (Wildman–Crippen LogP) is 2.00. The van der Waals surface area contributed by atoms with Gasteiger partial charge >= 0.3 is 0 Å². The number of rotatable bonds is 5. The summed E-state index contributed by atoms with van der Waals surface area (Å²) in [6.07, 6.45) is 5.33. The third kappa shape index (κ3) is 3.86. The van der Waals surface area contributed by atoms with E-state index in [1.54, 1.807) is 16.9 Å². The quantitative estimate of drug-likeness (QED) is 0.743. The molecule has 1 aromatic carbocycles. The molecule has 3 heterocycles. The molecule has 1 aliphatic rings. The van der Waals surface area contributed by atoms with E-state index in [9.17, 15) is 9.18 Å². The van der Waals surface area contributed by atoms with Gasteiger partial charge in [0.1, 0.15) is 12.1 Å². The zero-order valence-electron chi connectivity index (χ0n) is 14.8. The van der Waals surface area contributed by atoms with Gasteiger partial charge in [-0.1, -0.05) is 12.1 Å². The third-order valence-electron chi connectivity index (χ3n) is 5.01. The molecule has 1 amide bonds. The Hall–Kier alpha value is -3.10.